The molecule has 1 N–H and O–H groups in total. The van der Waals surface area contributed by atoms with Crippen LogP contribution in [0.4, 0.5) is 5.69 Å². The fourth-order valence-electron chi connectivity index (χ4n) is 3.41. The molecule has 0 aliphatic carbocycles. The van der Waals surface area contributed by atoms with Gasteiger partial charge in [-0.2, -0.15) is 0 Å². The first-order valence-corrected chi connectivity index (χ1v) is 9.75. The van der Waals surface area contributed by atoms with Crippen molar-refractivity contribution in [2.24, 2.45) is 0 Å². The minimum Gasteiger partial charge on any atom is -0.492 e. The third kappa shape index (κ3) is 5.96. The van der Waals surface area contributed by atoms with Crippen molar-refractivity contribution in [3.8, 4) is 5.75 Å². The van der Waals surface area contributed by atoms with Crippen LogP contribution in [-0.4, -0.2) is 62.0 Å². The predicted molar refractivity (Wildman–Crippen MR) is 108 cm³/mol. The van der Waals surface area contributed by atoms with Gasteiger partial charge in [-0.15, -0.1) is 0 Å². The molecule has 0 amide bonds. The van der Waals surface area contributed by atoms with Gasteiger partial charge in [0.15, 0.2) is 0 Å². The van der Waals surface area contributed by atoms with Gasteiger partial charge >= 0.3 is 0 Å². The number of hydrogen-bond donors (Lipinski definition) is 1. The molecule has 0 aromatic heterocycles. The number of para-hydroxylation sites is 2. The lowest BCUT2D eigenvalue weighted by Gasteiger charge is -2.37. The van der Waals surface area contributed by atoms with Crippen LogP contribution in [0, 0.1) is 0 Å². The van der Waals surface area contributed by atoms with Gasteiger partial charge in [-0.1, -0.05) is 42.5 Å². The third-order valence-electron chi connectivity index (χ3n) is 4.77. The number of β-amino-alcohol motifs (C(OH)–C–C–N with tert-alkyl or cyclic N) is 1. The van der Waals surface area contributed by atoms with Crippen LogP contribution in [0.1, 0.15) is 12.5 Å². The highest BCUT2D eigenvalue weighted by molar-refractivity contribution is 5.58. The second-order valence-electron chi connectivity index (χ2n) is 6.84. The molecule has 3 rings (SSSR count). The average molecular weight is 370 g/mol. The van der Waals surface area contributed by atoms with Gasteiger partial charge in [0, 0.05) is 32.7 Å². The molecule has 1 unspecified atom stereocenters. The van der Waals surface area contributed by atoms with E-state index in [0.717, 1.165) is 43.2 Å². The minimum atomic E-state index is -0.462. The van der Waals surface area contributed by atoms with E-state index in [-0.39, 0.29) is 0 Å². The van der Waals surface area contributed by atoms with E-state index in [9.17, 15) is 5.11 Å². The molecular weight excluding hydrogens is 340 g/mol. The van der Waals surface area contributed by atoms with E-state index in [4.69, 9.17) is 9.47 Å². The summed E-state index contributed by atoms with van der Waals surface area (Å²) >= 11 is 0. The lowest BCUT2D eigenvalue weighted by Crippen LogP contribution is -2.49. The van der Waals surface area contributed by atoms with Crippen LogP contribution in [0.2, 0.25) is 0 Å². The zero-order valence-corrected chi connectivity index (χ0v) is 16.1. The number of benzene rings is 2. The van der Waals surface area contributed by atoms with E-state index in [2.05, 4.69) is 21.9 Å². The number of aliphatic hydroxyl groups is 1. The standard InChI is InChI=1S/C22H30N2O3/c1-2-27-22-11-7-6-10-21(22)24-14-12-23(13-15-24)16-20(25)18-26-17-19-8-4-3-5-9-19/h3-11,20,25H,2,12-18H2,1H3. The van der Waals surface area contributed by atoms with Crippen LogP contribution in [0.25, 0.3) is 0 Å². The number of anilines is 1. The van der Waals surface area contributed by atoms with Gasteiger partial charge in [-0.05, 0) is 24.6 Å². The van der Waals surface area contributed by atoms with Crippen LogP contribution in [0.15, 0.2) is 54.6 Å². The van der Waals surface area contributed by atoms with E-state index in [1.165, 1.54) is 0 Å². The minimum absolute atomic E-state index is 0.363. The van der Waals surface area contributed by atoms with Crippen LogP contribution in [0.5, 0.6) is 5.75 Å². The zero-order chi connectivity index (χ0) is 18.9. The summed E-state index contributed by atoms with van der Waals surface area (Å²) in [6, 6.07) is 18.3. The second-order valence-corrected chi connectivity index (χ2v) is 6.84. The molecule has 0 bridgehead atoms. The highest BCUT2D eigenvalue weighted by Crippen LogP contribution is 2.28. The van der Waals surface area contributed by atoms with E-state index >= 15 is 0 Å². The van der Waals surface area contributed by atoms with Crippen molar-refractivity contribution in [1.29, 1.82) is 0 Å². The fourth-order valence-corrected chi connectivity index (χ4v) is 3.41. The fraction of sp³-hybridized carbons (Fsp3) is 0.455. The molecule has 1 aliphatic heterocycles. The lowest BCUT2D eigenvalue weighted by atomic mass is 10.2. The van der Waals surface area contributed by atoms with Crippen LogP contribution >= 0.6 is 0 Å². The van der Waals surface area contributed by atoms with Gasteiger partial charge < -0.3 is 19.5 Å². The molecule has 146 valence electrons. The summed E-state index contributed by atoms with van der Waals surface area (Å²) in [6.07, 6.45) is -0.462. The first-order chi connectivity index (χ1) is 13.3. The third-order valence-corrected chi connectivity index (χ3v) is 4.77. The number of hydrogen-bond acceptors (Lipinski definition) is 5. The SMILES string of the molecule is CCOc1ccccc1N1CCN(CC(O)COCc2ccccc2)CC1. The molecule has 0 radical (unpaired) electrons. The Morgan fingerprint density at radius 3 is 2.41 bits per heavy atom. The van der Waals surface area contributed by atoms with Crippen molar-refractivity contribution in [3.63, 3.8) is 0 Å². The average Bonchev–Trinajstić information content (AvgIpc) is 2.70. The van der Waals surface area contributed by atoms with Gasteiger partial charge in [-0.25, -0.2) is 0 Å². The molecule has 5 nitrogen and oxygen atoms in total. The molecule has 27 heavy (non-hydrogen) atoms. The maximum atomic E-state index is 10.3. The van der Waals surface area contributed by atoms with E-state index in [1.54, 1.807) is 0 Å². The van der Waals surface area contributed by atoms with E-state index in [0.29, 0.717) is 26.4 Å². The van der Waals surface area contributed by atoms with Crippen molar-refractivity contribution in [1.82, 2.24) is 4.90 Å². The molecule has 1 atom stereocenters. The number of nitrogens with zero attached hydrogens (tertiary/aromatic N) is 2. The summed E-state index contributed by atoms with van der Waals surface area (Å²) in [5.41, 5.74) is 2.29. The lowest BCUT2D eigenvalue weighted by molar-refractivity contribution is 0.00913. The molecule has 5 heteroatoms. The molecule has 1 saturated heterocycles. The summed E-state index contributed by atoms with van der Waals surface area (Å²) in [6.45, 7) is 7.95. The molecular formula is C22H30N2O3. The Balaban J connectivity index is 1.40. The van der Waals surface area contributed by atoms with Gasteiger partial charge in [0.25, 0.3) is 0 Å². The number of ether oxygens (including phenoxy) is 2. The molecule has 1 heterocycles. The number of rotatable bonds is 9. The van der Waals surface area contributed by atoms with Gasteiger partial charge in [0.1, 0.15) is 5.75 Å². The highest BCUT2D eigenvalue weighted by atomic mass is 16.5. The Bertz CT molecular complexity index is 672. The Labute approximate surface area is 162 Å². The second kappa shape index (κ2) is 10.3. The smallest absolute Gasteiger partial charge is 0.142 e. The monoisotopic (exact) mass is 370 g/mol. The molecule has 1 fully saturated rings. The Kier molecular flexibility index (Phi) is 7.51. The number of aliphatic hydroxyl groups excluding tert-OH is 1. The predicted octanol–water partition coefficient (Wildman–Crippen LogP) is 2.79. The first kappa shape index (κ1) is 19.7. The first-order valence-electron chi connectivity index (χ1n) is 9.75. The summed E-state index contributed by atoms with van der Waals surface area (Å²) in [4.78, 5) is 4.66. The van der Waals surface area contributed by atoms with E-state index in [1.807, 2.05) is 49.4 Å². The molecule has 0 spiro atoms. The van der Waals surface area contributed by atoms with Crippen molar-refractivity contribution in [3.05, 3.63) is 60.2 Å². The normalized spacial score (nSPS) is 16.3. The summed E-state index contributed by atoms with van der Waals surface area (Å²) in [7, 11) is 0. The summed E-state index contributed by atoms with van der Waals surface area (Å²) < 4.78 is 11.4. The van der Waals surface area contributed by atoms with Crippen LogP contribution in [0.3, 0.4) is 0 Å². The van der Waals surface area contributed by atoms with Crippen molar-refractivity contribution in [2.75, 3.05) is 50.8 Å². The Morgan fingerprint density at radius 2 is 1.67 bits per heavy atom. The summed E-state index contributed by atoms with van der Waals surface area (Å²) in [5.74, 6) is 0.947. The molecule has 1 aliphatic rings. The van der Waals surface area contributed by atoms with Gasteiger partial charge in [-0.3, -0.25) is 4.90 Å². The van der Waals surface area contributed by atoms with Gasteiger partial charge in [0.05, 0.1) is 31.6 Å². The van der Waals surface area contributed by atoms with E-state index < -0.39 is 6.10 Å². The maximum Gasteiger partial charge on any atom is 0.142 e. The Morgan fingerprint density at radius 1 is 0.963 bits per heavy atom. The van der Waals surface area contributed by atoms with Crippen molar-refractivity contribution < 1.29 is 14.6 Å². The summed E-state index contributed by atoms with van der Waals surface area (Å²) in [5, 5.41) is 10.3. The van der Waals surface area contributed by atoms with Crippen LogP contribution < -0.4 is 9.64 Å². The Hall–Kier alpha value is -2.08. The largest absolute Gasteiger partial charge is 0.492 e. The quantitative estimate of drug-likeness (QED) is 0.735. The van der Waals surface area contributed by atoms with Crippen molar-refractivity contribution >= 4 is 5.69 Å². The number of piperazine rings is 1. The molecule has 2 aromatic rings. The van der Waals surface area contributed by atoms with Gasteiger partial charge in [0.2, 0.25) is 0 Å². The zero-order valence-electron chi connectivity index (χ0n) is 16.1. The topological polar surface area (TPSA) is 45.2 Å². The molecule has 2 aromatic carbocycles. The molecule has 0 saturated carbocycles. The van der Waals surface area contributed by atoms with Crippen molar-refractivity contribution in [2.45, 2.75) is 19.6 Å². The highest BCUT2D eigenvalue weighted by Gasteiger charge is 2.21. The van der Waals surface area contributed by atoms with Crippen LogP contribution in [-0.2, 0) is 11.3 Å². The maximum absolute atomic E-state index is 10.3.